The van der Waals surface area contributed by atoms with Gasteiger partial charge in [-0.25, -0.2) is 4.98 Å². The van der Waals surface area contributed by atoms with Gasteiger partial charge in [-0.2, -0.15) is 0 Å². The van der Waals surface area contributed by atoms with Crippen LogP contribution in [0.5, 0.6) is 0 Å². The summed E-state index contributed by atoms with van der Waals surface area (Å²) in [6.07, 6.45) is 2.23. The zero-order valence-corrected chi connectivity index (χ0v) is 18.5. The van der Waals surface area contributed by atoms with E-state index in [1.165, 1.54) is 11.3 Å². The number of nitrogens with zero attached hydrogens (tertiary/aromatic N) is 3. The largest absolute Gasteiger partial charge is 0.352 e. The number of aromatic nitrogens is 2. The topological polar surface area (TPSA) is 81.3 Å². The highest BCUT2D eigenvalue weighted by Gasteiger charge is 2.27. The number of benzene rings is 1. The maximum atomic E-state index is 12.9. The van der Waals surface area contributed by atoms with Crippen LogP contribution in [0, 0.1) is 0 Å². The Morgan fingerprint density at radius 2 is 1.97 bits per heavy atom. The summed E-state index contributed by atoms with van der Waals surface area (Å²) in [5, 5.41) is 5.74. The molecule has 2 fully saturated rings. The summed E-state index contributed by atoms with van der Waals surface area (Å²) in [4.78, 5) is 38.1. The minimum atomic E-state index is -0.0812. The first-order valence-electron chi connectivity index (χ1n) is 10.9. The van der Waals surface area contributed by atoms with Crippen LogP contribution < -0.4 is 10.9 Å². The standard InChI is InChI=1S/C23H27N5O2S/c1-15(28-11-9-27(10-12-28)13-19(29)24-17-7-8-17)21-25-22(30)20-18(14-31-23(20)26-21)16-5-3-2-4-6-16/h2-6,14-15,17H,7-13H2,1H3,(H,24,29)(H,25,26,30)/t15-/m1/s1. The van der Waals surface area contributed by atoms with Crippen LogP contribution in [0.3, 0.4) is 0 Å². The molecule has 1 aliphatic heterocycles. The molecule has 2 aliphatic rings. The van der Waals surface area contributed by atoms with Gasteiger partial charge in [-0.3, -0.25) is 19.4 Å². The van der Waals surface area contributed by atoms with Crippen molar-refractivity contribution < 1.29 is 4.79 Å². The summed E-state index contributed by atoms with van der Waals surface area (Å²) < 4.78 is 0. The zero-order valence-electron chi connectivity index (χ0n) is 17.6. The van der Waals surface area contributed by atoms with Crippen molar-refractivity contribution in [3.8, 4) is 11.1 Å². The van der Waals surface area contributed by atoms with Crippen molar-refractivity contribution >= 4 is 27.5 Å². The van der Waals surface area contributed by atoms with Crippen molar-refractivity contribution in [2.24, 2.45) is 0 Å². The fourth-order valence-electron chi connectivity index (χ4n) is 4.18. The quantitative estimate of drug-likeness (QED) is 0.620. The van der Waals surface area contributed by atoms with E-state index in [2.05, 4.69) is 27.0 Å². The lowest BCUT2D eigenvalue weighted by Gasteiger charge is -2.37. The van der Waals surface area contributed by atoms with E-state index in [0.29, 0.717) is 23.8 Å². The van der Waals surface area contributed by atoms with Crippen molar-refractivity contribution in [1.29, 1.82) is 0 Å². The van der Waals surface area contributed by atoms with Crippen molar-refractivity contribution in [1.82, 2.24) is 25.1 Å². The molecule has 162 valence electrons. The van der Waals surface area contributed by atoms with Crippen molar-refractivity contribution in [2.75, 3.05) is 32.7 Å². The van der Waals surface area contributed by atoms with Gasteiger partial charge in [0.2, 0.25) is 5.91 Å². The van der Waals surface area contributed by atoms with Gasteiger partial charge < -0.3 is 10.3 Å². The molecule has 1 saturated carbocycles. The highest BCUT2D eigenvalue weighted by molar-refractivity contribution is 7.17. The molecule has 7 nitrogen and oxygen atoms in total. The molecule has 3 heterocycles. The molecule has 2 N–H and O–H groups in total. The average molecular weight is 438 g/mol. The molecule has 1 atom stereocenters. The number of thiophene rings is 1. The number of rotatable bonds is 6. The lowest BCUT2D eigenvalue weighted by molar-refractivity contribution is -0.122. The van der Waals surface area contributed by atoms with Gasteiger partial charge in [0.15, 0.2) is 0 Å². The first-order chi connectivity index (χ1) is 15.1. The van der Waals surface area contributed by atoms with Crippen LogP contribution >= 0.6 is 11.3 Å². The van der Waals surface area contributed by atoms with Crippen molar-refractivity contribution in [2.45, 2.75) is 31.8 Å². The van der Waals surface area contributed by atoms with Gasteiger partial charge in [0.25, 0.3) is 5.56 Å². The van der Waals surface area contributed by atoms with E-state index >= 15 is 0 Å². The maximum absolute atomic E-state index is 12.9. The van der Waals surface area contributed by atoms with Crippen LogP contribution in [0.25, 0.3) is 21.3 Å². The molecule has 0 spiro atoms. The predicted molar refractivity (Wildman–Crippen MR) is 123 cm³/mol. The summed E-state index contributed by atoms with van der Waals surface area (Å²) in [6, 6.07) is 10.4. The van der Waals surface area contributed by atoms with Gasteiger partial charge in [0.1, 0.15) is 10.7 Å². The van der Waals surface area contributed by atoms with Crippen molar-refractivity contribution in [3.05, 3.63) is 51.9 Å². The molecule has 8 heteroatoms. The molecular formula is C23H27N5O2S. The lowest BCUT2D eigenvalue weighted by Crippen LogP contribution is -2.50. The molecule has 0 unspecified atom stereocenters. The van der Waals surface area contributed by atoms with Gasteiger partial charge in [-0.1, -0.05) is 30.3 Å². The molecule has 1 amide bonds. The summed E-state index contributed by atoms with van der Waals surface area (Å²) >= 11 is 1.52. The Kier molecular flexibility index (Phi) is 5.60. The minimum absolute atomic E-state index is 0.0156. The number of amides is 1. The summed E-state index contributed by atoms with van der Waals surface area (Å²) in [5.41, 5.74) is 1.89. The van der Waals surface area contributed by atoms with E-state index in [0.717, 1.165) is 55.0 Å². The van der Waals surface area contributed by atoms with Gasteiger partial charge >= 0.3 is 0 Å². The number of carbonyl (C=O) groups is 1. The van der Waals surface area contributed by atoms with E-state index in [4.69, 9.17) is 4.98 Å². The Bertz CT molecular complexity index is 1130. The lowest BCUT2D eigenvalue weighted by atomic mass is 10.1. The maximum Gasteiger partial charge on any atom is 0.260 e. The Hall–Kier alpha value is -2.55. The molecule has 0 bridgehead atoms. The first-order valence-corrected chi connectivity index (χ1v) is 11.8. The predicted octanol–water partition coefficient (Wildman–Crippen LogP) is 2.61. The van der Waals surface area contributed by atoms with Crippen LogP contribution in [-0.4, -0.2) is 64.4 Å². The third-order valence-electron chi connectivity index (χ3n) is 6.21. The van der Waals surface area contributed by atoms with Crippen molar-refractivity contribution in [3.63, 3.8) is 0 Å². The second-order valence-electron chi connectivity index (χ2n) is 8.48. The molecule has 1 saturated heterocycles. The van der Waals surface area contributed by atoms with Gasteiger partial charge in [-0.15, -0.1) is 11.3 Å². The normalized spacial score (nSPS) is 18.9. The van der Waals surface area contributed by atoms with Crippen LogP contribution in [0.2, 0.25) is 0 Å². The van der Waals surface area contributed by atoms with Crippen LogP contribution in [0.1, 0.15) is 31.6 Å². The van der Waals surface area contributed by atoms with Gasteiger partial charge in [0.05, 0.1) is 18.0 Å². The number of hydrogen-bond donors (Lipinski definition) is 2. The highest BCUT2D eigenvalue weighted by Crippen LogP contribution is 2.31. The summed E-state index contributed by atoms with van der Waals surface area (Å²) in [6.45, 7) is 5.93. The number of aromatic amines is 1. The van der Waals surface area contributed by atoms with E-state index in [1.54, 1.807) is 0 Å². The number of nitrogens with one attached hydrogen (secondary N) is 2. The molecule has 31 heavy (non-hydrogen) atoms. The van der Waals surface area contributed by atoms with Crippen LogP contribution in [0.15, 0.2) is 40.5 Å². The average Bonchev–Trinajstić information content (AvgIpc) is 3.48. The number of fused-ring (bicyclic) bond motifs is 1. The SMILES string of the molecule is C[C@H](c1nc2scc(-c3ccccc3)c2c(=O)[nH]1)N1CCN(CC(=O)NC2CC2)CC1. The minimum Gasteiger partial charge on any atom is -0.352 e. The van der Waals surface area contributed by atoms with Crippen LogP contribution in [0.4, 0.5) is 0 Å². The smallest absolute Gasteiger partial charge is 0.260 e. The molecule has 0 radical (unpaired) electrons. The molecular weight excluding hydrogens is 410 g/mol. The molecule has 3 aromatic rings. The Balaban J connectivity index is 1.27. The highest BCUT2D eigenvalue weighted by atomic mass is 32.1. The third-order valence-corrected chi connectivity index (χ3v) is 7.08. The zero-order chi connectivity index (χ0) is 21.4. The molecule has 2 aromatic heterocycles. The number of piperazine rings is 1. The fourth-order valence-corrected chi connectivity index (χ4v) is 5.13. The Morgan fingerprint density at radius 3 is 2.68 bits per heavy atom. The summed E-state index contributed by atoms with van der Waals surface area (Å²) in [7, 11) is 0. The summed E-state index contributed by atoms with van der Waals surface area (Å²) in [5.74, 6) is 0.839. The van der Waals surface area contributed by atoms with Crippen LogP contribution in [-0.2, 0) is 4.79 Å². The Labute approximate surface area is 185 Å². The second-order valence-corrected chi connectivity index (χ2v) is 9.33. The first kappa shape index (κ1) is 20.4. The van der Waals surface area contributed by atoms with Gasteiger partial charge in [0, 0.05) is 43.2 Å². The molecule has 1 aromatic carbocycles. The fraction of sp³-hybridized carbons (Fsp3) is 0.435. The Morgan fingerprint density at radius 1 is 1.23 bits per heavy atom. The van der Waals surface area contributed by atoms with E-state index < -0.39 is 0 Å². The number of carbonyl (C=O) groups excluding carboxylic acids is 1. The molecule has 5 rings (SSSR count). The van der Waals surface area contributed by atoms with E-state index in [9.17, 15) is 9.59 Å². The van der Waals surface area contributed by atoms with E-state index in [-0.39, 0.29) is 17.5 Å². The number of H-pyrrole nitrogens is 1. The monoisotopic (exact) mass is 437 g/mol. The van der Waals surface area contributed by atoms with Gasteiger partial charge in [-0.05, 0) is 25.3 Å². The van der Waals surface area contributed by atoms with E-state index in [1.807, 2.05) is 35.7 Å². The number of hydrogen-bond acceptors (Lipinski definition) is 6. The molecule has 1 aliphatic carbocycles. The third kappa shape index (κ3) is 4.42. The second kappa shape index (κ2) is 8.53.